The van der Waals surface area contributed by atoms with E-state index < -0.39 is 0 Å². The minimum Gasteiger partial charge on any atom is -0.330 e. The van der Waals surface area contributed by atoms with E-state index in [0.29, 0.717) is 17.4 Å². The maximum absolute atomic E-state index is 5.80. The highest BCUT2D eigenvalue weighted by Gasteiger charge is 2.29. The highest BCUT2D eigenvalue weighted by atomic mass is 15.2. The maximum Gasteiger partial charge on any atom is 0.0348 e. The van der Waals surface area contributed by atoms with E-state index in [1.807, 2.05) is 0 Å². The topological polar surface area (TPSA) is 29.3 Å². The van der Waals surface area contributed by atoms with E-state index in [0.717, 1.165) is 19.5 Å². The number of rotatable bonds is 3. The van der Waals surface area contributed by atoms with Gasteiger partial charge in [0.25, 0.3) is 0 Å². The first-order valence-electron chi connectivity index (χ1n) is 7.38. The van der Waals surface area contributed by atoms with Crippen LogP contribution in [0.2, 0.25) is 0 Å². The van der Waals surface area contributed by atoms with Gasteiger partial charge in [-0.1, -0.05) is 45.0 Å². The fourth-order valence-corrected chi connectivity index (χ4v) is 3.14. The Morgan fingerprint density at radius 2 is 1.84 bits per heavy atom. The molecule has 1 aliphatic rings. The first-order valence-corrected chi connectivity index (χ1v) is 7.38. The molecule has 0 bridgehead atoms. The van der Waals surface area contributed by atoms with Crippen molar-refractivity contribution in [2.45, 2.75) is 39.7 Å². The summed E-state index contributed by atoms with van der Waals surface area (Å²) in [6.07, 6.45) is 2.34. The summed E-state index contributed by atoms with van der Waals surface area (Å²) in [5, 5.41) is 0. The van der Waals surface area contributed by atoms with Crippen LogP contribution in [0.15, 0.2) is 24.3 Å². The van der Waals surface area contributed by atoms with Crippen LogP contribution in [0.3, 0.4) is 0 Å². The van der Waals surface area contributed by atoms with Crippen molar-refractivity contribution in [3.63, 3.8) is 0 Å². The van der Waals surface area contributed by atoms with Gasteiger partial charge in [-0.25, -0.2) is 0 Å². The van der Waals surface area contributed by atoms with Crippen LogP contribution in [0, 0.1) is 11.3 Å². The van der Waals surface area contributed by atoms with Gasteiger partial charge in [0.05, 0.1) is 0 Å². The Bertz CT molecular complexity index is 402. The minimum absolute atomic E-state index is 0.357. The van der Waals surface area contributed by atoms with Crippen molar-refractivity contribution in [3.8, 4) is 0 Å². The summed E-state index contributed by atoms with van der Waals surface area (Å²) >= 11 is 0. The molecule has 0 radical (unpaired) electrons. The number of nitrogens with zero attached hydrogens (tertiary/aromatic N) is 1. The number of benzene rings is 1. The van der Waals surface area contributed by atoms with Crippen LogP contribution in [-0.2, 0) is 6.42 Å². The zero-order chi connectivity index (χ0) is 14.0. The highest BCUT2D eigenvalue weighted by molar-refractivity contribution is 5.26. The van der Waals surface area contributed by atoms with Crippen molar-refractivity contribution in [2.24, 2.45) is 17.1 Å². The second-order valence-electron chi connectivity index (χ2n) is 7.27. The molecule has 2 N–H and O–H groups in total. The number of nitrogens with two attached hydrogens (primary N) is 1. The van der Waals surface area contributed by atoms with Crippen molar-refractivity contribution in [2.75, 3.05) is 20.1 Å². The van der Waals surface area contributed by atoms with E-state index >= 15 is 0 Å². The molecule has 0 saturated carbocycles. The van der Waals surface area contributed by atoms with Crippen LogP contribution in [0.1, 0.15) is 44.4 Å². The molecule has 0 aliphatic carbocycles. The Balaban J connectivity index is 2.06. The molecule has 1 aromatic carbocycles. The van der Waals surface area contributed by atoms with Crippen molar-refractivity contribution in [3.05, 3.63) is 35.4 Å². The van der Waals surface area contributed by atoms with Gasteiger partial charge in [0.2, 0.25) is 0 Å². The van der Waals surface area contributed by atoms with E-state index in [9.17, 15) is 0 Å². The molecule has 19 heavy (non-hydrogen) atoms. The van der Waals surface area contributed by atoms with Crippen LogP contribution in [-0.4, -0.2) is 25.0 Å². The second-order valence-corrected chi connectivity index (χ2v) is 7.27. The van der Waals surface area contributed by atoms with E-state index in [4.69, 9.17) is 5.73 Å². The largest absolute Gasteiger partial charge is 0.330 e. The molecule has 1 saturated heterocycles. The van der Waals surface area contributed by atoms with Gasteiger partial charge in [0, 0.05) is 12.6 Å². The third-order valence-corrected chi connectivity index (χ3v) is 4.07. The number of likely N-dealkylation sites (tertiary alicyclic amines) is 1. The Morgan fingerprint density at radius 1 is 1.21 bits per heavy atom. The standard InChI is InChI=1S/C17H28N2/c1-17(2,3)10-13-5-7-15(8-6-13)16-9-14(11-18)12-19(16)4/h5-8,14,16H,9-12,18H2,1-4H3. The number of hydrogen-bond acceptors (Lipinski definition) is 2. The SMILES string of the molecule is CN1CC(CN)CC1c1ccc(CC(C)(C)C)cc1. The van der Waals surface area contributed by atoms with Crippen LogP contribution < -0.4 is 5.73 Å². The quantitative estimate of drug-likeness (QED) is 0.904. The summed E-state index contributed by atoms with van der Waals surface area (Å²) in [5.74, 6) is 0.657. The summed E-state index contributed by atoms with van der Waals surface area (Å²) in [7, 11) is 2.21. The molecule has 1 heterocycles. The van der Waals surface area contributed by atoms with Crippen molar-refractivity contribution < 1.29 is 0 Å². The molecule has 0 spiro atoms. The lowest BCUT2D eigenvalue weighted by Gasteiger charge is -2.21. The Morgan fingerprint density at radius 3 is 2.32 bits per heavy atom. The van der Waals surface area contributed by atoms with E-state index in [1.54, 1.807) is 0 Å². The van der Waals surface area contributed by atoms with Gasteiger partial charge in [0.15, 0.2) is 0 Å². The van der Waals surface area contributed by atoms with Crippen molar-refractivity contribution >= 4 is 0 Å². The molecule has 0 aromatic heterocycles. The molecule has 2 rings (SSSR count). The molecule has 2 atom stereocenters. The zero-order valence-corrected chi connectivity index (χ0v) is 12.8. The van der Waals surface area contributed by atoms with Crippen molar-refractivity contribution in [1.82, 2.24) is 4.90 Å². The lowest BCUT2D eigenvalue weighted by molar-refractivity contribution is 0.313. The molecule has 2 unspecified atom stereocenters. The highest BCUT2D eigenvalue weighted by Crippen LogP contribution is 2.34. The Kier molecular flexibility index (Phi) is 4.32. The number of hydrogen-bond donors (Lipinski definition) is 1. The normalized spacial score (nSPS) is 24.9. The molecule has 1 aromatic rings. The fourth-order valence-electron chi connectivity index (χ4n) is 3.14. The Hall–Kier alpha value is -0.860. The summed E-state index contributed by atoms with van der Waals surface area (Å²) in [6, 6.07) is 9.76. The van der Waals surface area contributed by atoms with Crippen LogP contribution >= 0.6 is 0 Å². The van der Waals surface area contributed by atoms with Gasteiger partial charge in [-0.15, -0.1) is 0 Å². The van der Waals surface area contributed by atoms with Gasteiger partial charge in [-0.05, 0) is 48.9 Å². The maximum atomic E-state index is 5.80. The van der Waals surface area contributed by atoms with Crippen LogP contribution in [0.25, 0.3) is 0 Å². The average Bonchev–Trinajstić information content (AvgIpc) is 2.70. The van der Waals surface area contributed by atoms with Gasteiger partial charge in [-0.2, -0.15) is 0 Å². The predicted molar refractivity (Wildman–Crippen MR) is 82.1 cm³/mol. The summed E-state index contributed by atoms with van der Waals surface area (Å²) in [6.45, 7) is 8.81. The van der Waals surface area contributed by atoms with Gasteiger partial charge in [-0.3, -0.25) is 4.90 Å². The minimum atomic E-state index is 0.357. The fraction of sp³-hybridized carbons (Fsp3) is 0.647. The Labute approximate surface area is 118 Å². The molecule has 2 heteroatoms. The molecule has 0 amide bonds. The third-order valence-electron chi connectivity index (χ3n) is 4.07. The monoisotopic (exact) mass is 260 g/mol. The second kappa shape index (κ2) is 5.64. The van der Waals surface area contributed by atoms with Gasteiger partial charge >= 0.3 is 0 Å². The molecular formula is C17H28N2. The van der Waals surface area contributed by atoms with Gasteiger partial charge < -0.3 is 5.73 Å². The molecule has 1 fully saturated rings. The predicted octanol–water partition coefficient (Wildman–Crippen LogP) is 3.23. The third kappa shape index (κ3) is 3.80. The summed E-state index contributed by atoms with van der Waals surface area (Å²) in [5.41, 5.74) is 9.04. The summed E-state index contributed by atoms with van der Waals surface area (Å²) in [4.78, 5) is 2.44. The molecular weight excluding hydrogens is 232 g/mol. The smallest absolute Gasteiger partial charge is 0.0348 e. The van der Waals surface area contributed by atoms with E-state index in [-0.39, 0.29) is 0 Å². The summed E-state index contributed by atoms with van der Waals surface area (Å²) < 4.78 is 0. The van der Waals surface area contributed by atoms with E-state index in [1.165, 1.54) is 17.5 Å². The lowest BCUT2D eigenvalue weighted by Crippen LogP contribution is -2.20. The average molecular weight is 260 g/mol. The first kappa shape index (κ1) is 14.5. The molecule has 2 nitrogen and oxygen atoms in total. The van der Waals surface area contributed by atoms with Crippen LogP contribution in [0.5, 0.6) is 0 Å². The van der Waals surface area contributed by atoms with Crippen LogP contribution in [0.4, 0.5) is 0 Å². The zero-order valence-electron chi connectivity index (χ0n) is 12.8. The lowest BCUT2D eigenvalue weighted by atomic mass is 9.87. The van der Waals surface area contributed by atoms with Crippen molar-refractivity contribution in [1.29, 1.82) is 0 Å². The first-order chi connectivity index (χ1) is 8.89. The molecule has 1 aliphatic heterocycles. The van der Waals surface area contributed by atoms with Gasteiger partial charge in [0.1, 0.15) is 0 Å². The van der Waals surface area contributed by atoms with E-state index in [2.05, 4.69) is 57.0 Å². The molecule has 106 valence electrons.